The highest BCUT2D eigenvalue weighted by Gasteiger charge is 2.73. The van der Waals surface area contributed by atoms with Crippen LogP contribution in [0.1, 0.15) is 88.0 Å². The lowest BCUT2D eigenvalue weighted by Gasteiger charge is -2.39. The predicted octanol–water partition coefficient (Wildman–Crippen LogP) is 10.2. The van der Waals surface area contributed by atoms with Crippen molar-refractivity contribution in [2.24, 2.45) is 27.6 Å². The molecule has 450 valence electrons. The van der Waals surface area contributed by atoms with E-state index >= 15 is 17.6 Å². The molecule has 0 bridgehead atoms. The molecule has 2 aromatic carbocycles. The summed E-state index contributed by atoms with van der Waals surface area (Å²) in [5.41, 5.74) is 3.73. The minimum absolute atomic E-state index is 0.0158. The topological polar surface area (TPSA) is 226 Å². The van der Waals surface area contributed by atoms with Crippen LogP contribution in [0, 0.1) is 48.2 Å². The molecule has 18 nitrogen and oxygen atoms in total. The summed E-state index contributed by atoms with van der Waals surface area (Å²) < 4.78 is 86.4. The number of benzene rings is 2. The monoisotopic (exact) mass is 1230 g/mol. The lowest BCUT2D eigenvalue weighted by atomic mass is 9.84. The van der Waals surface area contributed by atoms with Crippen LogP contribution in [-0.4, -0.2) is 139 Å². The number of carboxylic acid groups (broad SMARTS) is 1. The minimum atomic E-state index is -1.45. The van der Waals surface area contributed by atoms with E-state index in [2.05, 4.69) is 56.4 Å². The molecular weight excluding hydrogens is 1160 g/mol. The van der Waals surface area contributed by atoms with E-state index in [4.69, 9.17) is 47.3 Å². The number of nitrogens with zero attached hydrogens (tertiary/aromatic N) is 8. The van der Waals surface area contributed by atoms with Crippen molar-refractivity contribution in [3.8, 4) is 36.4 Å². The maximum atomic E-state index is 15.7. The van der Waals surface area contributed by atoms with Crippen molar-refractivity contribution >= 4 is 83.7 Å². The third-order valence-corrected chi connectivity index (χ3v) is 19.3. The summed E-state index contributed by atoms with van der Waals surface area (Å²) >= 11 is 2.19. The van der Waals surface area contributed by atoms with Crippen LogP contribution in [0.15, 0.2) is 71.2 Å². The van der Waals surface area contributed by atoms with Gasteiger partial charge in [-0.05, 0) is 108 Å². The Labute approximate surface area is 500 Å². The van der Waals surface area contributed by atoms with Gasteiger partial charge in [0.05, 0.1) is 55.1 Å². The molecule has 1 saturated heterocycles. The van der Waals surface area contributed by atoms with E-state index in [1.54, 1.807) is 40.7 Å². The number of amides is 2. The van der Waals surface area contributed by atoms with Gasteiger partial charge in [0, 0.05) is 44.2 Å². The van der Waals surface area contributed by atoms with Gasteiger partial charge in [-0.15, -0.1) is 12.8 Å². The number of aliphatic imine (C=N–C) groups is 2. The number of thioether (sulfide) groups is 2. The molecule has 85 heavy (non-hydrogen) atoms. The number of halogens is 4. The fraction of sp³-hybridized carbons (Fsp3) is 0.450. The number of fused-ring (bicyclic) bond motifs is 2. The van der Waals surface area contributed by atoms with Gasteiger partial charge in [0.15, 0.2) is 35.2 Å². The maximum Gasteiger partial charge on any atom is 0.418 e. The Hall–Kier alpha value is -7.29. The molecule has 2 saturated carbocycles. The number of hydrogen-bond acceptors (Lipinski definition) is 17. The molecule has 3 N–H and O–H groups in total. The Kier molecular flexibility index (Phi) is 19.0. The molecule has 2 amide bonds. The van der Waals surface area contributed by atoms with E-state index in [0.29, 0.717) is 38.3 Å². The van der Waals surface area contributed by atoms with Gasteiger partial charge in [0.1, 0.15) is 44.8 Å². The number of morpholine rings is 1. The summed E-state index contributed by atoms with van der Waals surface area (Å²) in [6.07, 6.45) is 17.6. The number of carbonyl (C=O) groups is 3. The molecule has 3 aliphatic heterocycles. The summed E-state index contributed by atoms with van der Waals surface area (Å²) in [5, 5.41) is 10.6. The quantitative estimate of drug-likeness (QED) is 0.0330. The zero-order chi connectivity index (χ0) is 61.9. The van der Waals surface area contributed by atoms with Crippen LogP contribution in [0.25, 0.3) is 23.8 Å². The van der Waals surface area contributed by atoms with E-state index in [0.717, 1.165) is 23.9 Å². The molecule has 0 spiro atoms. The van der Waals surface area contributed by atoms with Crippen LogP contribution >= 0.6 is 23.5 Å². The van der Waals surface area contributed by atoms with Gasteiger partial charge >= 0.3 is 12.1 Å². The van der Waals surface area contributed by atoms with Gasteiger partial charge in [-0.1, -0.05) is 67.1 Å². The third kappa shape index (κ3) is 14.4. The Balaban J connectivity index is 0.000000226. The molecule has 0 radical (unpaired) electrons. The summed E-state index contributed by atoms with van der Waals surface area (Å²) in [6.45, 7) is 18.7. The number of aromatic nitrogens is 4. The fourth-order valence-corrected chi connectivity index (χ4v) is 13.9. The number of aliphatic carboxylic acids is 1. The number of amidine groups is 2. The van der Waals surface area contributed by atoms with Crippen LogP contribution in [0.3, 0.4) is 0 Å². The first-order valence-corrected chi connectivity index (χ1v) is 32.6. The summed E-state index contributed by atoms with van der Waals surface area (Å²) in [7, 11) is -1.45. The second-order valence-corrected chi connectivity index (χ2v) is 31.8. The van der Waals surface area contributed by atoms with Crippen molar-refractivity contribution < 1.29 is 60.7 Å². The normalized spacial score (nSPS) is 25.2. The second kappa shape index (κ2) is 25.3. The number of hydrogen-bond donors (Lipinski definition) is 2. The summed E-state index contributed by atoms with van der Waals surface area (Å²) in [6, 6.07) is 9.05. The number of nitrogens with two attached hydrogens (primary N) is 1. The van der Waals surface area contributed by atoms with Crippen molar-refractivity contribution in [2.75, 3.05) is 46.3 Å². The lowest BCUT2D eigenvalue weighted by molar-refractivity contribution is -0.140. The SMILES string of the molecule is C#CCOc1cnc(/C(F)=C/c2ccc(F)c([C@@]3(C)N=C(N(COCC[Si](C)(C)C)C(=O)OC(C)(C)C)S[C@@]4(C(=O)O)C[C@H]43)c2)cn1.C#CCOc1cnc(/C(F)=C/c2ccc(F)c([C@@]3(C)N=C(N)S[C@@]4(C(=O)N5CCOC[C@H]5C)C[C@H]43)c2)cn1. The molecule has 5 heterocycles. The van der Waals surface area contributed by atoms with E-state index in [-0.39, 0.29) is 94.4 Å². The van der Waals surface area contributed by atoms with Gasteiger partial charge < -0.3 is 39.4 Å². The Morgan fingerprint density at radius 3 is 1.86 bits per heavy atom. The first-order valence-electron chi connectivity index (χ1n) is 27.2. The van der Waals surface area contributed by atoms with Crippen LogP contribution in [0.4, 0.5) is 22.4 Å². The van der Waals surface area contributed by atoms with Gasteiger partial charge in [-0.3, -0.25) is 19.6 Å². The standard InChI is InChI=1S/C33H40F2N4O6SSi.C27H27F2N5O3S/c1-9-12-44-27-19-36-25(18-37-27)24(35)16-21-10-11-23(34)22(15-21)32(5)26-17-33(26,28(40)41)46-29(38-32)39(30(42)45-31(2,3)4)20-43-13-14-47(6,7)8;1-4-8-37-23-14-31-21(13-32-23)20(29)11-17-5-6-19(28)18(10-17)26(3)22-12-27(22,38-25(30)33-26)24(35)34-7-9-36-15-16(34)2/h1,10-11,15-16,18-19,26H,12-14,17,20H2,2-8H3,(H,40,41);1,5-6,10-11,13-14,16,22H,7-9,12,15H2,2-3H3,(H2,30,33)/b24-16-;20-11-/t26-,32+,33-;16-,22+,26-,27+/m01/s1. The number of terminal acetylenes is 2. The van der Waals surface area contributed by atoms with E-state index < -0.39 is 75.5 Å². The summed E-state index contributed by atoms with van der Waals surface area (Å²) in [5.74, 6) is 0.337. The number of rotatable bonds is 17. The number of ether oxygens (including phenoxy) is 5. The second-order valence-electron chi connectivity index (χ2n) is 23.5. The first kappa shape index (κ1) is 63.7. The van der Waals surface area contributed by atoms with Crippen LogP contribution in [0.2, 0.25) is 25.7 Å². The molecule has 4 aromatic rings. The molecule has 5 aliphatic rings. The number of carboxylic acids is 1. The van der Waals surface area contributed by atoms with E-state index in [9.17, 15) is 19.5 Å². The molecule has 2 aliphatic carbocycles. The average Bonchev–Trinajstić information content (AvgIpc) is 1.54. The van der Waals surface area contributed by atoms with Gasteiger partial charge in [-0.2, -0.15) is 0 Å². The molecule has 25 heteroatoms. The Bertz CT molecular complexity index is 3430. The Morgan fingerprint density at radius 1 is 0.847 bits per heavy atom. The van der Waals surface area contributed by atoms with Gasteiger partial charge in [-0.25, -0.2) is 47.2 Å². The maximum absolute atomic E-state index is 15.7. The van der Waals surface area contributed by atoms with Crippen LogP contribution < -0.4 is 15.2 Å². The molecule has 7 atom stereocenters. The average molecular weight is 1230 g/mol. The van der Waals surface area contributed by atoms with Gasteiger partial charge in [0.2, 0.25) is 17.7 Å². The van der Waals surface area contributed by atoms with Crippen LogP contribution in [-0.2, 0) is 34.9 Å². The predicted molar refractivity (Wildman–Crippen MR) is 321 cm³/mol. The zero-order valence-electron chi connectivity index (χ0n) is 48.6. The van der Waals surface area contributed by atoms with Crippen molar-refractivity contribution in [3.05, 3.63) is 106 Å². The molecular formula is C60H67F4N9O9S2Si. The highest BCUT2D eigenvalue weighted by atomic mass is 32.2. The molecule has 3 fully saturated rings. The van der Waals surface area contributed by atoms with Crippen molar-refractivity contribution in [1.82, 2.24) is 29.7 Å². The highest BCUT2D eigenvalue weighted by Crippen LogP contribution is 2.68. The molecule has 9 rings (SSSR count). The highest BCUT2D eigenvalue weighted by molar-refractivity contribution is 8.16. The summed E-state index contributed by atoms with van der Waals surface area (Å²) in [4.78, 5) is 68.3. The van der Waals surface area contributed by atoms with Crippen molar-refractivity contribution in [2.45, 2.75) is 112 Å². The minimum Gasteiger partial charge on any atom is -0.480 e. The van der Waals surface area contributed by atoms with Crippen molar-refractivity contribution in [3.63, 3.8) is 0 Å². The number of carbonyl (C=O) groups excluding carboxylic acids is 2. The first-order chi connectivity index (χ1) is 40.1. The Morgan fingerprint density at radius 2 is 1.38 bits per heavy atom. The third-order valence-electron chi connectivity index (χ3n) is 14.8. The fourth-order valence-electron chi connectivity index (χ4n) is 10.2. The van der Waals surface area contributed by atoms with Crippen molar-refractivity contribution in [1.29, 1.82) is 0 Å². The van der Waals surface area contributed by atoms with Gasteiger partial charge in [0.25, 0.3) is 0 Å². The lowest BCUT2D eigenvalue weighted by Crippen LogP contribution is -2.53. The molecule has 0 unspecified atom stereocenters. The largest absolute Gasteiger partial charge is 0.480 e. The van der Waals surface area contributed by atoms with E-state index in [1.165, 1.54) is 77.9 Å². The molecule has 2 aromatic heterocycles. The smallest absolute Gasteiger partial charge is 0.418 e. The zero-order valence-corrected chi connectivity index (χ0v) is 51.2. The van der Waals surface area contributed by atoms with E-state index in [1.807, 2.05) is 11.8 Å². The van der Waals surface area contributed by atoms with Crippen LogP contribution in [0.5, 0.6) is 11.8 Å².